The Labute approximate surface area is 136 Å². The Morgan fingerprint density at radius 2 is 1.90 bits per heavy atom. The second-order valence-electron chi connectivity index (χ2n) is 5.59. The van der Waals surface area contributed by atoms with E-state index in [1.54, 1.807) is 0 Å². The van der Waals surface area contributed by atoms with Gasteiger partial charge in [-0.25, -0.2) is 0 Å². The standard InChI is InChI=1S/C14H29N3O.2ClH/c1-4-9-17-10-7-13(8-11-17)16(3)14(18)6-5-12(2)15;;/h12-13H,4-11,15H2,1-3H3;2*1H. The van der Waals surface area contributed by atoms with Gasteiger partial charge >= 0.3 is 0 Å². The molecule has 0 radical (unpaired) electrons. The molecule has 1 saturated heterocycles. The highest BCUT2D eigenvalue weighted by Crippen LogP contribution is 2.16. The van der Waals surface area contributed by atoms with E-state index in [1.165, 1.54) is 13.0 Å². The molecule has 0 spiro atoms. The van der Waals surface area contributed by atoms with E-state index >= 15 is 0 Å². The number of hydrogen-bond acceptors (Lipinski definition) is 3. The summed E-state index contributed by atoms with van der Waals surface area (Å²) in [5, 5.41) is 0. The van der Waals surface area contributed by atoms with Gasteiger partial charge in [-0.15, -0.1) is 24.8 Å². The third-order valence-electron chi connectivity index (χ3n) is 3.85. The molecule has 0 aliphatic carbocycles. The van der Waals surface area contributed by atoms with Crippen molar-refractivity contribution in [1.82, 2.24) is 9.80 Å². The molecule has 0 saturated carbocycles. The quantitative estimate of drug-likeness (QED) is 0.814. The van der Waals surface area contributed by atoms with Crippen LogP contribution in [0.2, 0.25) is 0 Å². The fraction of sp³-hybridized carbons (Fsp3) is 0.929. The number of likely N-dealkylation sites (tertiary alicyclic amines) is 1. The van der Waals surface area contributed by atoms with Crippen LogP contribution < -0.4 is 5.73 Å². The van der Waals surface area contributed by atoms with Gasteiger partial charge in [0.1, 0.15) is 0 Å². The van der Waals surface area contributed by atoms with E-state index in [4.69, 9.17) is 5.73 Å². The molecule has 1 amide bonds. The highest BCUT2D eigenvalue weighted by Gasteiger charge is 2.24. The molecule has 0 bridgehead atoms. The highest BCUT2D eigenvalue weighted by molar-refractivity contribution is 5.85. The summed E-state index contributed by atoms with van der Waals surface area (Å²) in [7, 11) is 1.95. The largest absolute Gasteiger partial charge is 0.343 e. The summed E-state index contributed by atoms with van der Waals surface area (Å²) in [6.07, 6.45) is 4.82. The number of carbonyl (C=O) groups excluding carboxylic acids is 1. The lowest BCUT2D eigenvalue weighted by molar-refractivity contribution is -0.133. The normalized spacial score (nSPS) is 17.8. The fourth-order valence-electron chi connectivity index (χ4n) is 2.58. The summed E-state index contributed by atoms with van der Waals surface area (Å²) in [6, 6.07) is 0.549. The number of nitrogens with two attached hydrogens (primary N) is 1. The van der Waals surface area contributed by atoms with Crippen LogP contribution in [-0.4, -0.2) is 54.5 Å². The van der Waals surface area contributed by atoms with E-state index in [1.807, 2.05) is 18.9 Å². The molecule has 122 valence electrons. The second-order valence-corrected chi connectivity index (χ2v) is 5.59. The van der Waals surface area contributed by atoms with Gasteiger partial charge in [0.25, 0.3) is 0 Å². The maximum absolute atomic E-state index is 12.0. The Bertz CT molecular complexity index is 257. The van der Waals surface area contributed by atoms with Crippen molar-refractivity contribution in [3.63, 3.8) is 0 Å². The third kappa shape index (κ3) is 7.67. The number of hydrogen-bond donors (Lipinski definition) is 1. The maximum atomic E-state index is 12.0. The van der Waals surface area contributed by atoms with E-state index in [0.717, 1.165) is 32.4 Å². The molecule has 0 aromatic heterocycles. The Balaban J connectivity index is 0. The molecule has 4 nitrogen and oxygen atoms in total. The molecular formula is C14H31Cl2N3O. The van der Waals surface area contributed by atoms with E-state index in [9.17, 15) is 4.79 Å². The van der Waals surface area contributed by atoms with Gasteiger partial charge in [-0.05, 0) is 39.2 Å². The minimum absolute atomic E-state index is 0. The van der Waals surface area contributed by atoms with Gasteiger partial charge in [-0.3, -0.25) is 4.79 Å². The van der Waals surface area contributed by atoms with E-state index in [0.29, 0.717) is 12.5 Å². The maximum Gasteiger partial charge on any atom is 0.222 e. The van der Waals surface area contributed by atoms with Crippen LogP contribution in [0.3, 0.4) is 0 Å². The first kappa shape index (κ1) is 22.3. The zero-order chi connectivity index (χ0) is 13.5. The predicted octanol–water partition coefficient (Wildman–Crippen LogP) is 2.29. The van der Waals surface area contributed by atoms with Gasteiger partial charge in [-0.1, -0.05) is 6.92 Å². The molecule has 1 atom stereocenters. The summed E-state index contributed by atoms with van der Waals surface area (Å²) >= 11 is 0. The first-order chi connectivity index (χ1) is 8.54. The predicted molar refractivity (Wildman–Crippen MR) is 89.9 cm³/mol. The molecule has 1 aliphatic rings. The van der Waals surface area contributed by atoms with Gasteiger partial charge in [0.05, 0.1) is 0 Å². The van der Waals surface area contributed by atoms with Crippen LogP contribution in [0, 0.1) is 0 Å². The number of nitrogens with zero attached hydrogens (tertiary/aromatic N) is 2. The van der Waals surface area contributed by atoms with Crippen molar-refractivity contribution in [2.75, 3.05) is 26.7 Å². The van der Waals surface area contributed by atoms with E-state index in [-0.39, 0.29) is 36.8 Å². The first-order valence-electron chi connectivity index (χ1n) is 7.28. The number of amides is 1. The summed E-state index contributed by atoms with van der Waals surface area (Å²) < 4.78 is 0. The Kier molecular flexibility index (Phi) is 12.9. The first-order valence-corrected chi connectivity index (χ1v) is 7.28. The molecule has 0 aromatic carbocycles. The van der Waals surface area contributed by atoms with E-state index < -0.39 is 0 Å². The monoisotopic (exact) mass is 327 g/mol. The lowest BCUT2D eigenvalue weighted by atomic mass is 10.0. The van der Waals surface area contributed by atoms with E-state index in [2.05, 4.69) is 11.8 Å². The fourth-order valence-corrected chi connectivity index (χ4v) is 2.58. The molecule has 1 fully saturated rings. The number of carbonyl (C=O) groups is 1. The lowest BCUT2D eigenvalue weighted by Gasteiger charge is -2.36. The number of rotatable bonds is 6. The SMILES string of the molecule is CCCN1CCC(N(C)C(=O)CCC(C)N)CC1.Cl.Cl. The molecule has 1 aliphatic heterocycles. The van der Waals surface area contributed by atoms with Crippen LogP contribution >= 0.6 is 24.8 Å². The molecule has 1 rings (SSSR count). The summed E-state index contributed by atoms with van der Waals surface area (Å²) in [4.78, 5) is 16.5. The van der Waals surface area contributed by atoms with Crippen molar-refractivity contribution < 1.29 is 4.79 Å². The van der Waals surface area contributed by atoms with Crippen molar-refractivity contribution in [3.8, 4) is 0 Å². The Morgan fingerprint density at radius 3 is 2.35 bits per heavy atom. The molecule has 1 unspecified atom stereocenters. The van der Waals surface area contributed by atoms with Crippen molar-refractivity contribution in [2.24, 2.45) is 5.73 Å². The smallest absolute Gasteiger partial charge is 0.222 e. The second kappa shape index (κ2) is 11.6. The Hall–Kier alpha value is -0.0300. The van der Waals surface area contributed by atoms with Crippen molar-refractivity contribution >= 4 is 30.7 Å². The molecule has 20 heavy (non-hydrogen) atoms. The Morgan fingerprint density at radius 1 is 1.35 bits per heavy atom. The number of piperidine rings is 1. The summed E-state index contributed by atoms with van der Waals surface area (Å²) in [5.74, 6) is 0.251. The molecule has 0 aromatic rings. The zero-order valence-corrected chi connectivity index (χ0v) is 14.6. The summed E-state index contributed by atoms with van der Waals surface area (Å²) in [6.45, 7) is 7.62. The topological polar surface area (TPSA) is 49.6 Å². The van der Waals surface area contributed by atoms with Gasteiger partial charge in [-0.2, -0.15) is 0 Å². The third-order valence-corrected chi connectivity index (χ3v) is 3.85. The highest BCUT2D eigenvalue weighted by atomic mass is 35.5. The van der Waals surface area contributed by atoms with Gasteiger partial charge in [0.15, 0.2) is 0 Å². The molecule has 6 heteroatoms. The average Bonchev–Trinajstić information content (AvgIpc) is 2.36. The summed E-state index contributed by atoms with van der Waals surface area (Å²) in [5.41, 5.74) is 5.69. The molecule has 2 N–H and O–H groups in total. The zero-order valence-electron chi connectivity index (χ0n) is 13.0. The average molecular weight is 328 g/mol. The van der Waals surface area contributed by atoms with Crippen LogP contribution in [-0.2, 0) is 4.79 Å². The van der Waals surface area contributed by atoms with Gasteiger partial charge < -0.3 is 15.5 Å². The molecular weight excluding hydrogens is 297 g/mol. The van der Waals surface area contributed by atoms with Crippen molar-refractivity contribution in [2.45, 2.75) is 58.0 Å². The van der Waals surface area contributed by atoms with Crippen molar-refractivity contribution in [1.29, 1.82) is 0 Å². The number of halogens is 2. The van der Waals surface area contributed by atoms with Crippen LogP contribution in [0.4, 0.5) is 0 Å². The molecule has 1 heterocycles. The van der Waals surface area contributed by atoms with Crippen molar-refractivity contribution in [3.05, 3.63) is 0 Å². The lowest BCUT2D eigenvalue weighted by Crippen LogP contribution is -2.45. The van der Waals surface area contributed by atoms with Crippen LogP contribution in [0.15, 0.2) is 0 Å². The van der Waals surface area contributed by atoms with Crippen LogP contribution in [0.5, 0.6) is 0 Å². The van der Waals surface area contributed by atoms with Crippen LogP contribution in [0.25, 0.3) is 0 Å². The van der Waals surface area contributed by atoms with Gasteiger partial charge in [0.2, 0.25) is 5.91 Å². The van der Waals surface area contributed by atoms with Crippen LogP contribution in [0.1, 0.15) is 46.0 Å². The van der Waals surface area contributed by atoms with Gasteiger partial charge in [0, 0.05) is 38.6 Å². The minimum atomic E-state index is 0. The minimum Gasteiger partial charge on any atom is -0.343 e.